The Hall–Kier alpha value is -2.90. The van der Waals surface area contributed by atoms with Crippen LogP contribution in [-0.2, 0) is 0 Å². The highest BCUT2D eigenvalue weighted by Gasteiger charge is 2.30. The molecule has 5 rings (SSSR count). The number of piperazine rings is 1. The molecule has 0 atom stereocenters. The standard InChI is InChI=1S/C24H23ClN4O2S/c1-14-8-9-15(2)22-20(14)26-24(32-22)29-12-10-28(11-13-29)23(30)19-16(3)31-27-21(19)17-6-4-5-7-18(17)25/h4-9H,10-13H2,1-3H3. The predicted octanol–water partition coefficient (Wildman–Crippen LogP) is 5.49. The van der Waals surface area contributed by atoms with Gasteiger partial charge in [0.15, 0.2) is 5.13 Å². The lowest BCUT2D eigenvalue weighted by Gasteiger charge is -2.34. The lowest BCUT2D eigenvalue weighted by atomic mass is 10.0. The van der Waals surface area contributed by atoms with Crippen LogP contribution in [0.5, 0.6) is 0 Å². The molecular weight excluding hydrogens is 444 g/mol. The summed E-state index contributed by atoms with van der Waals surface area (Å²) in [5, 5.41) is 5.70. The molecule has 2 aromatic carbocycles. The van der Waals surface area contributed by atoms with Crippen LogP contribution in [0.4, 0.5) is 5.13 Å². The Balaban J connectivity index is 1.36. The number of amides is 1. The highest BCUT2D eigenvalue weighted by molar-refractivity contribution is 7.22. The number of halogens is 1. The minimum atomic E-state index is -0.0747. The Kier molecular flexibility index (Phi) is 5.39. The van der Waals surface area contributed by atoms with Gasteiger partial charge in [0.2, 0.25) is 0 Å². The summed E-state index contributed by atoms with van der Waals surface area (Å²) in [6, 6.07) is 11.6. The van der Waals surface area contributed by atoms with Gasteiger partial charge in [-0.2, -0.15) is 0 Å². The van der Waals surface area contributed by atoms with Crippen molar-refractivity contribution in [1.82, 2.24) is 15.0 Å². The van der Waals surface area contributed by atoms with E-state index in [0.29, 0.717) is 40.7 Å². The molecule has 1 saturated heterocycles. The van der Waals surface area contributed by atoms with Crippen molar-refractivity contribution in [3.8, 4) is 11.3 Å². The van der Waals surface area contributed by atoms with Crippen LogP contribution in [0, 0.1) is 20.8 Å². The van der Waals surface area contributed by atoms with Gasteiger partial charge in [-0.1, -0.05) is 58.4 Å². The number of hydrogen-bond acceptors (Lipinski definition) is 6. The van der Waals surface area contributed by atoms with Gasteiger partial charge in [-0.25, -0.2) is 4.98 Å². The molecule has 0 radical (unpaired) electrons. The molecule has 1 aliphatic heterocycles. The summed E-state index contributed by atoms with van der Waals surface area (Å²) in [6.45, 7) is 8.67. The highest BCUT2D eigenvalue weighted by atomic mass is 35.5. The second kappa shape index (κ2) is 8.22. The normalized spacial score (nSPS) is 14.4. The first-order valence-electron chi connectivity index (χ1n) is 10.6. The molecule has 4 aromatic rings. The van der Waals surface area contributed by atoms with Gasteiger partial charge in [0.25, 0.3) is 5.91 Å². The zero-order chi connectivity index (χ0) is 22.4. The van der Waals surface area contributed by atoms with Crippen molar-refractivity contribution < 1.29 is 9.32 Å². The van der Waals surface area contributed by atoms with Gasteiger partial charge in [-0.15, -0.1) is 0 Å². The molecular formula is C24H23ClN4O2S. The first-order valence-corrected chi connectivity index (χ1v) is 11.8. The smallest absolute Gasteiger partial charge is 0.259 e. The Labute approximate surface area is 195 Å². The van der Waals surface area contributed by atoms with Crippen LogP contribution in [-0.4, -0.2) is 47.1 Å². The number of aryl methyl sites for hydroxylation is 3. The van der Waals surface area contributed by atoms with E-state index in [2.05, 4.69) is 36.0 Å². The maximum Gasteiger partial charge on any atom is 0.259 e. The lowest BCUT2D eigenvalue weighted by molar-refractivity contribution is 0.0745. The fourth-order valence-corrected chi connectivity index (χ4v) is 5.49. The number of anilines is 1. The molecule has 1 aliphatic rings. The summed E-state index contributed by atoms with van der Waals surface area (Å²) in [4.78, 5) is 22.4. The number of nitrogens with zero attached hydrogens (tertiary/aromatic N) is 4. The minimum absolute atomic E-state index is 0.0747. The van der Waals surface area contributed by atoms with Crippen LogP contribution < -0.4 is 4.90 Å². The van der Waals surface area contributed by atoms with E-state index in [1.165, 1.54) is 15.8 Å². The molecule has 1 amide bonds. The van der Waals surface area contributed by atoms with Gasteiger partial charge in [-0.3, -0.25) is 4.79 Å². The predicted molar refractivity (Wildman–Crippen MR) is 129 cm³/mol. The molecule has 1 fully saturated rings. The molecule has 0 aliphatic carbocycles. The van der Waals surface area contributed by atoms with E-state index in [1.807, 2.05) is 23.1 Å². The molecule has 2 aromatic heterocycles. The molecule has 0 saturated carbocycles. The van der Waals surface area contributed by atoms with Gasteiger partial charge >= 0.3 is 0 Å². The molecule has 0 unspecified atom stereocenters. The molecule has 0 bridgehead atoms. The Morgan fingerprint density at radius 2 is 1.75 bits per heavy atom. The number of rotatable bonds is 3. The molecule has 0 N–H and O–H groups in total. The van der Waals surface area contributed by atoms with Crippen LogP contribution in [0.3, 0.4) is 0 Å². The molecule has 164 valence electrons. The topological polar surface area (TPSA) is 62.5 Å². The van der Waals surface area contributed by atoms with Gasteiger partial charge < -0.3 is 14.3 Å². The number of carbonyl (C=O) groups is 1. The summed E-state index contributed by atoms with van der Waals surface area (Å²) in [7, 11) is 0. The van der Waals surface area contributed by atoms with Gasteiger partial charge in [0.05, 0.1) is 15.2 Å². The van der Waals surface area contributed by atoms with Gasteiger partial charge in [0.1, 0.15) is 17.0 Å². The average molecular weight is 467 g/mol. The summed E-state index contributed by atoms with van der Waals surface area (Å²) in [6.07, 6.45) is 0. The number of carbonyl (C=O) groups excluding carboxylic acids is 1. The molecule has 0 spiro atoms. The quantitative estimate of drug-likeness (QED) is 0.399. The van der Waals surface area contributed by atoms with E-state index < -0.39 is 0 Å². The van der Waals surface area contributed by atoms with Crippen molar-refractivity contribution in [1.29, 1.82) is 0 Å². The lowest BCUT2D eigenvalue weighted by Crippen LogP contribution is -2.49. The fourth-order valence-electron chi connectivity index (χ4n) is 4.10. The molecule has 32 heavy (non-hydrogen) atoms. The van der Waals surface area contributed by atoms with Gasteiger partial charge in [-0.05, 0) is 38.0 Å². The van der Waals surface area contributed by atoms with E-state index in [9.17, 15) is 4.79 Å². The Morgan fingerprint density at radius 1 is 1.03 bits per heavy atom. The zero-order valence-corrected chi connectivity index (χ0v) is 19.8. The van der Waals surface area contributed by atoms with Crippen molar-refractivity contribution >= 4 is 44.2 Å². The van der Waals surface area contributed by atoms with Crippen molar-refractivity contribution in [3.05, 3.63) is 63.9 Å². The summed E-state index contributed by atoms with van der Waals surface area (Å²) in [5.74, 6) is 0.429. The van der Waals surface area contributed by atoms with Crippen molar-refractivity contribution in [2.45, 2.75) is 20.8 Å². The maximum atomic E-state index is 13.4. The minimum Gasteiger partial charge on any atom is -0.360 e. The zero-order valence-electron chi connectivity index (χ0n) is 18.2. The number of hydrogen-bond donors (Lipinski definition) is 0. The Bertz CT molecular complexity index is 1280. The van der Waals surface area contributed by atoms with Crippen molar-refractivity contribution in [2.75, 3.05) is 31.1 Å². The second-order valence-electron chi connectivity index (χ2n) is 8.09. The summed E-state index contributed by atoms with van der Waals surface area (Å²) < 4.78 is 6.63. The molecule has 6 nitrogen and oxygen atoms in total. The number of benzene rings is 2. The van der Waals surface area contributed by atoms with Crippen molar-refractivity contribution in [3.63, 3.8) is 0 Å². The van der Waals surface area contributed by atoms with Crippen LogP contribution in [0.2, 0.25) is 5.02 Å². The third-order valence-electron chi connectivity index (χ3n) is 5.97. The fraction of sp³-hybridized carbons (Fsp3) is 0.292. The molecule has 8 heteroatoms. The average Bonchev–Trinajstić information content (AvgIpc) is 3.41. The van der Waals surface area contributed by atoms with E-state index in [0.717, 1.165) is 23.7 Å². The first kappa shape index (κ1) is 21.0. The monoisotopic (exact) mass is 466 g/mol. The summed E-state index contributed by atoms with van der Waals surface area (Å²) >= 11 is 8.08. The van der Waals surface area contributed by atoms with Crippen LogP contribution in [0.1, 0.15) is 27.2 Å². The Morgan fingerprint density at radius 3 is 2.47 bits per heavy atom. The number of aromatic nitrogens is 2. The van der Waals surface area contributed by atoms with E-state index >= 15 is 0 Å². The van der Waals surface area contributed by atoms with Crippen molar-refractivity contribution in [2.24, 2.45) is 0 Å². The number of fused-ring (bicyclic) bond motifs is 1. The first-order chi connectivity index (χ1) is 15.4. The van der Waals surface area contributed by atoms with Crippen LogP contribution >= 0.6 is 22.9 Å². The van der Waals surface area contributed by atoms with Crippen LogP contribution in [0.25, 0.3) is 21.5 Å². The number of thiazole rings is 1. The molecule has 3 heterocycles. The van der Waals surface area contributed by atoms with E-state index in [4.69, 9.17) is 21.1 Å². The third-order valence-corrected chi connectivity index (χ3v) is 7.55. The largest absolute Gasteiger partial charge is 0.360 e. The SMILES string of the molecule is Cc1onc(-c2ccccc2Cl)c1C(=O)N1CCN(c2nc3c(C)ccc(C)c3s2)CC1. The van der Waals surface area contributed by atoms with E-state index in [1.54, 1.807) is 24.3 Å². The second-order valence-corrected chi connectivity index (χ2v) is 9.48. The summed E-state index contributed by atoms with van der Waals surface area (Å²) in [5.41, 5.74) is 5.20. The third kappa shape index (κ3) is 3.55. The highest BCUT2D eigenvalue weighted by Crippen LogP contribution is 2.34. The van der Waals surface area contributed by atoms with Gasteiger partial charge in [0, 0.05) is 31.7 Å². The maximum absolute atomic E-state index is 13.4. The van der Waals surface area contributed by atoms with Crippen LogP contribution in [0.15, 0.2) is 40.9 Å². The van der Waals surface area contributed by atoms with E-state index in [-0.39, 0.29) is 5.91 Å².